The Kier molecular flexibility index (Phi) is 2.98. The molecule has 0 radical (unpaired) electrons. The van der Waals surface area contributed by atoms with Gasteiger partial charge in [-0.1, -0.05) is 19.9 Å². The lowest BCUT2D eigenvalue weighted by Gasteiger charge is -2.29. The Bertz CT molecular complexity index is 392. The summed E-state index contributed by atoms with van der Waals surface area (Å²) in [5.74, 6) is 0.717. The van der Waals surface area contributed by atoms with Crippen molar-refractivity contribution in [3.8, 4) is 0 Å². The average molecular weight is 228 g/mol. The topological polar surface area (TPSA) is 0 Å². The lowest BCUT2D eigenvalue weighted by molar-refractivity contribution is 0.635. The quantitative estimate of drug-likeness (QED) is 0.660. The van der Waals surface area contributed by atoms with Gasteiger partial charge in [0.1, 0.15) is 0 Å². The fraction of sp³-hybridized carbons (Fsp3) is 0.647. The molecule has 0 amide bonds. The summed E-state index contributed by atoms with van der Waals surface area (Å²) in [6.45, 7) is 4.78. The summed E-state index contributed by atoms with van der Waals surface area (Å²) in [5.41, 5.74) is 8.62. The third-order valence-corrected chi connectivity index (χ3v) is 4.60. The van der Waals surface area contributed by atoms with Gasteiger partial charge < -0.3 is 0 Å². The molecule has 0 atom stereocenters. The maximum Gasteiger partial charge on any atom is -0.0213 e. The van der Waals surface area contributed by atoms with Crippen LogP contribution in [0.25, 0.3) is 0 Å². The van der Waals surface area contributed by atoms with E-state index in [9.17, 15) is 0 Å². The molecule has 2 aliphatic carbocycles. The van der Waals surface area contributed by atoms with E-state index in [4.69, 9.17) is 0 Å². The molecular formula is C17H24. The van der Waals surface area contributed by atoms with E-state index in [1.807, 2.05) is 0 Å². The second kappa shape index (κ2) is 4.48. The zero-order valence-electron chi connectivity index (χ0n) is 11.3. The van der Waals surface area contributed by atoms with Gasteiger partial charge in [-0.15, -0.1) is 0 Å². The molecule has 0 aliphatic heterocycles. The fourth-order valence-corrected chi connectivity index (χ4v) is 3.88. The minimum absolute atomic E-state index is 0.717. The monoisotopic (exact) mass is 228 g/mol. The molecule has 3 rings (SSSR count). The van der Waals surface area contributed by atoms with Gasteiger partial charge in [-0.2, -0.15) is 0 Å². The summed E-state index contributed by atoms with van der Waals surface area (Å²) in [5, 5.41) is 0. The highest BCUT2D eigenvalue weighted by Gasteiger charge is 2.22. The molecule has 0 saturated carbocycles. The molecule has 1 aromatic rings. The molecule has 0 aromatic heterocycles. The van der Waals surface area contributed by atoms with Gasteiger partial charge in [-0.25, -0.2) is 0 Å². The van der Waals surface area contributed by atoms with E-state index in [1.165, 1.54) is 51.4 Å². The summed E-state index contributed by atoms with van der Waals surface area (Å²) in [6, 6.07) is 2.56. The Balaban J connectivity index is 2.19. The van der Waals surface area contributed by atoms with E-state index in [0.717, 1.165) is 5.92 Å². The highest BCUT2D eigenvalue weighted by molar-refractivity contribution is 5.49. The summed E-state index contributed by atoms with van der Waals surface area (Å²) < 4.78 is 0. The maximum absolute atomic E-state index is 2.56. The van der Waals surface area contributed by atoms with Crippen LogP contribution in [0.15, 0.2) is 6.07 Å². The molecule has 0 fully saturated rings. The molecule has 0 bridgehead atoms. The molecule has 2 aliphatic rings. The van der Waals surface area contributed by atoms with Gasteiger partial charge in [0, 0.05) is 0 Å². The van der Waals surface area contributed by atoms with E-state index in [2.05, 4.69) is 19.9 Å². The largest absolute Gasteiger partial charge is 0.0587 e. The first-order chi connectivity index (χ1) is 8.27. The number of rotatable bonds is 1. The van der Waals surface area contributed by atoms with Crippen molar-refractivity contribution in [2.24, 2.45) is 0 Å². The van der Waals surface area contributed by atoms with Crippen LogP contribution in [0, 0.1) is 0 Å². The Hall–Kier alpha value is -0.780. The van der Waals surface area contributed by atoms with Crippen LogP contribution in [-0.2, 0) is 25.7 Å². The molecule has 92 valence electrons. The molecule has 0 unspecified atom stereocenters. The molecule has 0 heteroatoms. The predicted molar refractivity (Wildman–Crippen MR) is 73.8 cm³/mol. The summed E-state index contributed by atoms with van der Waals surface area (Å²) in [7, 11) is 0. The van der Waals surface area contributed by atoms with Crippen molar-refractivity contribution in [3.63, 3.8) is 0 Å². The van der Waals surface area contributed by atoms with Crippen molar-refractivity contribution < 1.29 is 0 Å². The van der Waals surface area contributed by atoms with E-state index < -0.39 is 0 Å². The Morgan fingerprint density at radius 1 is 0.765 bits per heavy atom. The van der Waals surface area contributed by atoms with Crippen molar-refractivity contribution in [2.45, 2.75) is 71.1 Å². The van der Waals surface area contributed by atoms with Crippen LogP contribution in [0.1, 0.15) is 73.3 Å². The highest BCUT2D eigenvalue weighted by Crippen LogP contribution is 2.37. The van der Waals surface area contributed by atoms with Crippen molar-refractivity contribution in [2.75, 3.05) is 0 Å². The molecule has 17 heavy (non-hydrogen) atoms. The van der Waals surface area contributed by atoms with E-state index in [-0.39, 0.29) is 0 Å². The third-order valence-electron chi connectivity index (χ3n) is 4.60. The zero-order chi connectivity index (χ0) is 11.8. The smallest absolute Gasteiger partial charge is 0.0213 e. The van der Waals surface area contributed by atoms with Gasteiger partial charge in [0.2, 0.25) is 0 Å². The van der Waals surface area contributed by atoms with Crippen LogP contribution in [-0.4, -0.2) is 0 Å². The first-order valence-electron chi connectivity index (χ1n) is 7.43. The maximum atomic E-state index is 2.56. The Labute approximate surface area is 105 Å². The molecule has 0 nitrogen and oxygen atoms in total. The first-order valence-corrected chi connectivity index (χ1v) is 7.43. The van der Waals surface area contributed by atoms with Crippen molar-refractivity contribution >= 4 is 0 Å². The third kappa shape index (κ3) is 1.92. The number of aryl methyl sites for hydroxylation is 2. The molecule has 0 heterocycles. The van der Waals surface area contributed by atoms with Crippen LogP contribution >= 0.6 is 0 Å². The zero-order valence-corrected chi connectivity index (χ0v) is 11.3. The second-order valence-corrected chi connectivity index (χ2v) is 6.13. The highest BCUT2D eigenvalue weighted by atomic mass is 14.3. The van der Waals surface area contributed by atoms with Crippen LogP contribution in [0.3, 0.4) is 0 Å². The van der Waals surface area contributed by atoms with Gasteiger partial charge in [-0.3, -0.25) is 0 Å². The normalized spacial score (nSPS) is 19.0. The van der Waals surface area contributed by atoms with E-state index in [0.29, 0.717) is 0 Å². The second-order valence-electron chi connectivity index (χ2n) is 6.13. The average Bonchev–Trinajstić information content (AvgIpc) is 2.35. The molecule has 0 N–H and O–H groups in total. The van der Waals surface area contributed by atoms with Crippen molar-refractivity contribution in [1.82, 2.24) is 0 Å². The Morgan fingerprint density at radius 3 is 1.71 bits per heavy atom. The summed E-state index contributed by atoms with van der Waals surface area (Å²) in [6.07, 6.45) is 11.0. The van der Waals surface area contributed by atoms with Crippen LogP contribution in [0.4, 0.5) is 0 Å². The molecule has 1 aromatic carbocycles. The molecular weight excluding hydrogens is 204 g/mol. The number of hydrogen-bond donors (Lipinski definition) is 0. The van der Waals surface area contributed by atoms with Crippen LogP contribution < -0.4 is 0 Å². The summed E-state index contributed by atoms with van der Waals surface area (Å²) >= 11 is 0. The fourth-order valence-electron chi connectivity index (χ4n) is 3.88. The first kappa shape index (κ1) is 11.3. The van der Waals surface area contributed by atoms with Crippen LogP contribution in [0.2, 0.25) is 0 Å². The summed E-state index contributed by atoms with van der Waals surface area (Å²) in [4.78, 5) is 0. The number of hydrogen-bond acceptors (Lipinski definition) is 0. The van der Waals surface area contributed by atoms with E-state index in [1.54, 1.807) is 27.8 Å². The van der Waals surface area contributed by atoms with Gasteiger partial charge in [0.25, 0.3) is 0 Å². The van der Waals surface area contributed by atoms with Gasteiger partial charge in [0.15, 0.2) is 0 Å². The lowest BCUT2D eigenvalue weighted by Crippen LogP contribution is -2.15. The minimum atomic E-state index is 0.717. The number of fused-ring (bicyclic) bond motifs is 2. The molecule has 0 saturated heterocycles. The standard InChI is InChI=1S/C17H24/c1-12(2)17-15-9-5-3-7-13(15)11-14-8-4-6-10-16(14)17/h11-12H,3-10H2,1-2H3. The SMILES string of the molecule is CC(C)c1c2c(cc3c1CCCC3)CCCC2. The van der Waals surface area contributed by atoms with Gasteiger partial charge in [0.05, 0.1) is 0 Å². The van der Waals surface area contributed by atoms with Crippen molar-refractivity contribution in [1.29, 1.82) is 0 Å². The van der Waals surface area contributed by atoms with Gasteiger partial charge in [-0.05, 0) is 85.1 Å². The van der Waals surface area contributed by atoms with E-state index >= 15 is 0 Å². The van der Waals surface area contributed by atoms with Crippen molar-refractivity contribution in [3.05, 3.63) is 33.9 Å². The van der Waals surface area contributed by atoms with Gasteiger partial charge >= 0.3 is 0 Å². The molecule has 0 spiro atoms. The predicted octanol–water partition coefficient (Wildman–Crippen LogP) is 4.57. The Morgan fingerprint density at radius 2 is 1.24 bits per heavy atom. The minimum Gasteiger partial charge on any atom is -0.0587 e. The lowest BCUT2D eigenvalue weighted by atomic mass is 9.76. The van der Waals surface area contributed by atoms with Crippen LogP contribution in [0.5, 0.6) is 0 Å². The number of benzene rings is 1.